The predicted molar refractivity (Wildman–Crippen MR) is 90.9 cm³/mol. The summed E-state index contributed by atoms with van der Waals surface area (Å²) < 4.78 is 6.10. The summed E-state index contributed by atoms with van der Waals surface area (Å²) in [5.41, 5.74) is 2.94. The van der Waals surface area contributed by atoms with Crippen molar-refractivity contribution in [2.75, 3.05) is 6.61 Å². The Hall–Kier alpha value is -0.820. The molecule has 1 aromatic rings. The van der Waals surface area contributed by atoms with Crippen molar-refractivity contribution in [3.05, 3.63) is 35.4 Å². The first kappa shape index (κ1) is 16.5. The van der Waals surface area contributed by atoms with Crippen LogP contribution in [-0.2, 0) is 11.2 Å². The molecule has 0 saturated carbocycles. The molecule has 2 rings (SSSR count). The molecule has 1 nitrogen and oxygen atoms in total. The molecule has 2 unspecified atom stereocenters. The third kappa shape index (κ3) is 5.47. The average Bonchev–Trinajstić information content (AvgIpc) is 2.53. The fourth-order valence-corrected chi connectivity index (χ4v) is 3.34. The van der Waals surface area contributed by atoms with Crippen LogP contribution in [0.15, 0.2) is 24.3 Å². The largest absolute Gasteiger partial charge is 0.378 e. The lowest BCUT2D eigenvalue weighted by molar-refractivity contribution is -0.00212. The van der Waals surface area contributed by atoms with E-state index >= 15 is 0 Å². The van der Waals surface area contributed by atoms with E-state index in [1.54, 1.807) is 0 Å². The van der Waals surface area contributed by atoms with Crippen molar-refractivity contribution in [1.82, 2.24) is 0 Å². The minimum absolute atomic E-state index is 0.525. The minimum atomic E-state index is 0.525. The molecule has 1 saturated heterocycles. The molecule has 1 aromatic carbocycles. The van der Waals surface area contributed by atoms with Crippen LogP contribution in [0.25, 0.3) is 0 Å². The summed E-state index contributed by atoms with van der Waals surface area (Å²) in [4.78, 5) is 0. The van der Waals surface area contributed by atoms with E-state index in [1.165, 1.54) is 68.9 Å². The molecular weight excluding hydrogens is 256 g/mol. The number of unbranched alkanes of at least 4 members (excludes halogenated alkanes) is 3. The molecule has 1 aliphatic heterocycles. The number of hydrogen-bond donors (Lipinski definition) is 0. The van der Waals surface area contributed by atoms with Gasteiger partial charge < -0.3 is 4.74 Å². The van der Waals surface area contributed by atoms with Gasteiger partial charge in [0, 0.05) is 5.92 Å². The highest BCUT2D eigenvalue weighted by atomic mass is 16.5. The van der Waals surface area contributed by atoms with Crippen molar-refractivity contribution in [2.45, 2.75) is 83.7 Å². The van der Waals surface area contributed by atoms with Crippen LogP contribution >= 0.6 is 0 Å². The van der Waals surface area contributed by atoms with Crippen LogP contribution in [0.4, 0.5) is 0 Å². The maximum Gasteiger partial charge on any atom is 0.0575 e. The lowest BCUT2D eigenvalue weighted by Crippen LogP contribution is -2.24. The Bertz CT molecular complexity index is 373. The molecule has 0 radical (unpaired) electrons. The Labute approximate surface area is 131 Å². The maximum absolute atomic E-state index is 6.10. The molecule has 0 bridgehead atoms. The van der Waals surface area contributed by atoms with Gasteiger partial charge in [0.05, 0.1) is 12.7 Å². The third-order valence-electron chi connectivity index (χ3n) is 4.74. The Balaban J connectivity index is 1.73. The zero-order valence-corrected chi connectivity index (χ0v) is 13.9. The van der Waals surface area contributed by atoms with Crippen LogP contribution in [0.3, 0.4) is 0 Å². The van der Waals surface area contributed by atoms with Crippen molar-refractivity contribution in [1.29, 1.82) is 0 Å². The Kier molecular flexibility index (Phi) is 7.29. The molecule has 2 atom stereocenters. The zero-order valence-electron chi connectivity index (χ0n) is 13.9. The van der Waals surface area contributed by atoms with Gasteiger partial charge in [0.15, 0.2) is 0 Å². The van der Waals surface area contributed by atoms with Crippen molar-refractivity contribution in [3.63, 3.8) is 0 Å². The van der Waals surface area contributed by atoms with Gasteiger partial charge >= 0.3 is 0 Å². The van der Waals surface area contributed by atoms with E-state index in [9.17, 15) is 0 Å². The quantitative estimate of drug-likeness (QED) is 0.543. The van der Waals surface area contributed by atoms with Crippen molar-refractivity contribution in [2.24, 2.45) is 0 Å². The molecular formula is C20H32O. The van der Waals surface area contributed by atoms with Crippen molar-refractivity contribution in [3.8, 4) is 0 Å². The van der Waals surface area contributed by atoms with E-state index < -0.39 is 0 Å². The number of benzene rings is 1. The molecule has 0 amide bonds. The molecule has 1 aliphatic rings. The molecule has 0 spiro atoms. The third-order valence-corrected chi connectivity index (χ3v) is 4.74. The minimum Gasteiger partial charge on any atom is -0.378 e. The van der Waals surface area contributed by atoms with E-state index in [1.807, 2.05) is 0 Å². The smallest absolute Gasteiger partial charge is 0.0575 e. The monoisotopic (exact) mass is 288 g/mol. The first-order valence-corrected chi connectivity index (χ1v) is 9.04. The van der Waals surface area contributed by atoms with Crippen LogP contribution in [0.1, 0.15) is 82.3 Å². The normalized spacial score (nSPS) is 22.4. The van der Waals surface area contributed by atoms with E-state index in [2.05, 4.69) is 38.1 Å². The van der Waals surface area contributed by atoms with Gasteiger partial charge in [-0.15, -0.1) is 0 Å². The van der Waals surface area contributed by atoms with Gasteiger partial charge in [-0.05, 0) is 36.8 Å². The van der Waals surface area contributed by atoms with Gasteiger partial charge in [0.2, 0.25) is 0 Å². The first-order valence-electron chi connectivity index (χ1n) is 9.04. The second-order valence-corrected chi connectivity index (χ2v) is 6.57. The van der Waals surface area contributed by atoms with E-state index in [-0.39, 0.29) is 0 Å². The molecule has 1 heteroatoms. The first-order chi connectivity index (χ1) is 10.3. The maximum atomic E-state index is 6.10. The molecule has 0 aliphatic carbocycles. The Morgan fingerprint density at radius 2 is 1.76 bits per heavy atom. The summed E-state index contributed by atoms with van der Waals surface area (Å²) in [5.74, 6) is 0.618. The highest BCUT2D eigenvalue weighted by Crippen LogP contribution is 2.30. The van der Waals surface area contributed by atoms with Gasteiger partial charge in [-0.3, -0.25) is 0 Å². The Morgan fingerprint density at radius 1 is 0.952 bits per heavy atom. The molecule has 0 N–H and O–H groups in total. The van der Waals surface area contributed by atoms with Gasteiger partial charge in [0.1, 0.15) is 0 Å². The van der Waals surface area contributed by atoms with Gasteiger partial charge in [0.25, 0.3) is 0 Å². The van der Waals surface area contributed by atoms with E-state index in [4.69, 9.17) is 4.74 Å². The van der Waals surface area contributed by atoms with Gasteiger partial charge in [-0.2, -0.15) is 0 Å². The van der Waals surface area contributed by atoms with Crippen LogP contribution in [-0.4, -0.2) is 12.7 Å². The summed E-state index contributed by atoms with van der Waals surface area (Å²) in [5, 5.41) is 0. The van der Waals surface area contributed by atoms with E-state index in [0.29, 0.717) is 12.0 Å². The summed E-state index contributed by atoms with van der Waals surface area (Å²) in [6.45, 7) is 5.43. The fourth-order valence-electron chi connectivity index (χ4n) is 3.34. The highest BCUT2D eigenvalue weighted by molar-refractivity contribution is 5.26. The summed E-state index contributed by atoms with van der Waals surface area (Å²) in [7, 11) is 0. The lowest BCUT2D eigenvalue weighted by Gasteiger charge is -2.29. The summed E-state index contributed by atoms with van der Waals surface area (Å²) in [6.07, 6.45) is 12.2. The highest BCUT2D eigenvalue weighted by Gasteiger charge is 2.22. The summed E-state index contributed by atoms with van der Waals surface area (Å²) >= 11 is 0. The average molecular weight is 288 g/mol. The zero-order chi connectivity index (χ0) is 14.9. The van der Waals surface area contributed by atoms with Crippen molar-refractivity contribution >= 4 is 0 Å². The SMILES string of the molecule is CCCCCCC1CCC(c2ccc(CCC)cc2)CO1. The number of rotatable bonds is 8. The molecule has 1 heterocycles. The molecule has 1 fully saturated rings. The lowest BCUT2D eigenvalue weighted by atomic mass is 9.89. The summed E-state index contributed by atoms with van der Waals surface area (Å²) in [6, 6.07) is 9.24. The van der Waals surface area contributed by atoms with Crippen molar-refractivity contribution < 1.29 is 4.74 Å². The number of aryl methyl sites for hydroxylation is 1. The van der Waals surface area contributed by atoms with Crippen LogP contribution in [0, 0.1) is 0 Å². The predicted octanol–water partition coefficient (Wildman–Crippen LogP) is 5.87. The van der Waals surface area contributed by atoms with Crippen LogP contribution < -0.4 is 0 Å². The second kappa shape index (κ2) is 9.25. The number of hydrogen-bond acceptors (Lipinski definition) is 1. The standard InChI is InChI=1S/C20H32O/c1-3-5-6-7-9-20-15-14-19(16-21-20)18-12-10-17(8-4-2)11-13-18/h10-13,19-20H,3-9,14-16H2,1-2H3. The van der Waals surface area contributed by atoms with Gasteiger partial charge in [-0.1, -0.05) is 70.2 Å². The van der Waals surface area contributed by atoms with Crippen LogP contribution in [0.2, 0.25) is 0 Å². The topological polar surface area (TPSA) is 9.23 Å². The molecule has 118 valence electrons. The van der Waals surface area contributed by atoms with Crippen LogP contribution in [0.5, 0.6) is 0 Å². The molecule has 21 heavy (non-hydrogen) atoms. The molecule has 0 aromatic heterocycles. The Morgan fingerprint density at radius 3 is 2.38 bits per heavy atom. The fraction of sp³-hybridized carbons (Fsp3) is 0.700. The van der Waals surface area contributed by atoms with Gasteiger partial charge in [-0.25, -0.2) is 0 Å². The number of ether oxygens (including phenoxy) is 1. The second-order valence-electron chi connectivity index (χ2n) is 6.57. The van der Waals surface area contributed by atoms with E-state index in [0.717, 1.165) is 6.61 Å².